The number of ketones is 1. The number of imidazole rings is 1. The molecule has 1 N–H and O–H groups in total. The minimum absolute atomic E-state index is 0.00890. The minimum atomic E-state index is -0.845. The first-order valence-corrected chi connectivity index (χ1v) is 12.3. The molecule has 0 spiro atoms. The third kappa shape index (κ3) is 5.04. The van der Waals surface area contributed by atoms with Gasteiger partial charge in [0, 0.05) is 19.9 Å². The van der Waals surface area contributed by atoms with Gasteiger partial charge in [0.25, 0.3) is 11.7 Å². The third-order valence-electron chi connectivity index (χ3n) is 6.46. The quantitative estimate of drug-likeness (QED) is 0.250. The molecule has 4 rings (SSSR count). The predicted octanol–water partition coefficient (Wildman–Crippen LogP) is 4.14. The van der Waals surface area contributed by atoms with Crippen molar-refractivity contribution in [2.75, 3.05) is 34.0 Å². The lowest BCUT2D eigenvalue weighted by Crippen LogP contribution is -2.32. The zero-order chi connectivity index (χ0) is 26.7. The number of aryl methyl sites for hydroxylation is 1. The Morgan fingerprint density at radius 1 is 1.11 bits per heavy atom. The second-order valence-corrected chi connectivity index (χ2v) is 9.40. The van der Waals surface area contributed by atoms with E-state index in [9.17, 15) is 14.7 Å². The Bertz CT molecular complexity index is 1340. The van der Waals surface area contributed by atoms with Gasteiger partial charge >= 0.3 is 0 Å². The predicted molar refractivity (Wildman–Crippen MR) is 139 cm³/mol. The van der Waals surface area contributed by atoms with Crippen LogP contribution in [0.25, 0.3) is 11.4 Å². The van der Waals surface area contributed by atoms with Gasteiger partial charge in [-0.15, -0.1) is 0 Å². The summed E-state index contributed by atoms with van der Waals surface area (Å²) in [5, 5.41) is 11.5. The average molecular weight is 508 g/mol. The molecule has 1 unspecified atom stereocenters. The first-order valence-electron chi connectivity index (χ1n) is 12.3. The van der Waals surface area contributed by atoms with Crippen molar-refractivity contribution >= 4 is 23.1 Å². The van der Waals surface area contributed by atoms with E-state index >= 15 is 0 Å². The number of amides is 1. The van der Waals surface area contributed by atoms with Crippen LogP contribution in [0.1, 0.15) is 43.3 Å². The van der Waals surface area contributed by atoms with Crippen molar-refractivity contribution in [2.24, 2.45) is 5.92 Å². The number of rotatable bonds is 10. The zero-order valence-corrected chi connectivity index (χ0v) is 21.9. The number of methoxy groups -OCH3 is 2. The summed E-state index contributed by atoms with van der Waals surface area (Å²) in [6.07, 6.45) is 2.65. The summed E-state index contributed by atoms with van der Waals surface area (Å²) < 4.78 is 18.4. The maximum absolute atomic E-state index is 13.3. The van der Waals surface area contributed by atoms with Crippen molar-refractivity contribution in [3.63, 3.8) is 0 Å². The molecule has 0 aliphatic carbocycles. The summed E-state index contributed by atoms with van der Waals surface area (Å²) in [6.45, 7) is 6.93. The van der Waals surface area contributed by atoms with Gasteiger partial charge in [0.1, 0.15) is 11.3 Å². The molecular weight excluding hydrogens is 474 g/mol. The van der Waals surface area contributed by atoms with Gasteiger partial charge in [-0.2, -0.15) is 0 Å². The number of carbonyl (C=O) groups excluding carboxylic acids is 2. The number of carbonyl (C=O) groups is 2. The van der Waals surface area contributed by atoms with Gasteiger partial charge in [-0.1, -0.05) is 26.0 Å². The SMILES string of the molecule is COCCN1C(=O)C(=O)/C(=C(/O)c2c(C)nc3ccccn23)C1c1ccc(OCCC(C)C)c(OC)c1. The van der Waals surface area contributed by atoms with E-state index in [1.165, 1.54) is 19.1 Å². The van der Waals surface area contributed by atoms with Crippen LogP contribution in [-0.4, -0.2) is 65.1 Å². The number of hydrogen-bond donors (Lipinski definition) is 1. The molecule has 0 saturated carbocycles. The summed E-state index contributed by atoms with van der Waals surface area (Å²) in [4.78, 5) is 32.4. The Hall–Kier alpha value is -3.85. The van der Waals surface area contributed by atoms with Crippen LogP contribution >= 0.6 is 0 Å². The molecule has 3 aromatic rings. The molecule has 9 nitrogen and oxygen atoms in total. The van der Waals surface area contributed by atoms with Crippen molar-refractivity contribution in [1.82, 2.24) is 14.3 Å². The summed E-state index contributed by atoms with van der Waals surface area (Å²) in [7, 11) is 3.07. The minimum Gasteiger partial charge on any atom is -0.505 e. The number of ether oxygens (including phenoxy) is 3. The van der Waals surface area contributed by atoms with Crippen LogP contribution < -0.4 is 9.47 Å². The van der Waals surface area contributed by atoms with Crippen molar-refractivity contribution < 1.29 is 28.9 Å². The second-order valence-electron chi connectivity index (χ2n) is 9.40. The molecule has 1 aliphatic rings. The third-order valence-corrected chi connectivity index (χ3v) is 6.46. The molecule has 0 bridgehead atoms. The number of hydrogen-bond acceptors (Lipinski definition) is 7. The van der Waals surface area contributed by atoms with Crippen LogP contribution in [-0.2, 0) is 14.3 Å². The molecule has 1 fully saturated rings. The van der Waals surface area contributed by atoms with E-state index in [1.807, 2.05) is 12.1 Å². The molecule has 1 atom stereocenters. The van der Waals surface area contributed by atoms with Crippen LogP contribution in [0.3, 0.4) is 0 Å². The Labute approximate surface area is 216 Å². The van der Waals surface area contributed by atoms with Crippen LogP contribution in [0.5, 0.6) is 11.5 Å². The van der Waals surface area contributed by atoms with Crippen LogP contribution in [0, 0.1) is 12.8 Å². The maximum Gasteiger partial charge on any atom is 0.295 e. The maximum atomic E-state index is 13.3. The smallest absolute Gasteiger partial charge is 0.295 e. The molecule has 1 saturated heterocycles. The molecule has 3 heterocycles. The Morgan fingerprint density at radius 3 is 2.59 bits per heavy atom. The lowest BCUT2D eigenvalue weighted by atomic mass is 9.96. The molecule has 2 aromatic heterocycles. The van der Waals surface area contributed by atoms with Crippen molar-refractivity contribution in [1.29, 1.82) is 0 Å². The van der Waals surface area contributed by atoms with E-state index < -0.39 is 17.7 Å². The monoisotopic (exact) mass is 507 g/mol. The van der Waals surface area contributed by atoms with E-state index in [2.05, 4.69) is 18.8 Å². The second kappa shape index (κ2) is 11.0. The summed E-state index contributed by atoms with van der Waals surface area (Å²) in [6, 6.07) is 9.91. The van der Waals surface area contributed by atoms with E-state index in [1.54, 1.807) is 41.8 Å². The zero-order valence-electron chi connectivity index (χ0n) is 21.9. The first kappa shape index (κ1) is 26.2. The van der Waals surface area contributed by atoms with Gasteiger partial charge in [-0.3, -0.25) is 14.0 Å². The number of fused-ring (bicyclic) bond motifs is 1. The van der Waals surface area contributed by atoms with E-state index in [0.29, 0.717) is 46.6 Å². The van der Waals surface area contributed by atoms with Crippen molar-refractivity contribution in [3.05, 3.63) is 65.1 Å². The fraction of sp³-hybridized carbons (Fsp3) is 0.393. The summed E-state index contributed by atoms with van der Waals surface area (Å²) in [5.74, 6) is -0.209. The Morgan fingerprint density at radius 2 is 1.89 bits per heavy atom. The number of pyridine rings is 1. The highest BCUT2D eigenvalue weighted by molar-refractivity contribution is 6.46. The van der Waals surface area contributed by atoms with Crippen molar-refractivity contribution in [2.45, 2.75) is 33.2 Å². The molecule has 1 aliphatic heterocycles. The molecule has 1 aromatic carbocycles. The first-order chi connectivity index (χ1) is 17.8. The fourth-order valence-electron chi connectivity index (χ4n) is 4.55. The lowest BCUT2D eigenvalue weighted by Gasteiger charge is -2.25. The van der Waals surface area contributed by atoms with Crippen LogP contribution in [0.4, 0.5) is 0 Å². The highest BCUT2D eigenvalue weighted by atomic mass is 16.5. The van der Waals surface area contributed by atoms with Crippen molar-refractivity contribution in [3.8, 4) is 11.5 Å². The number of benzene rings is 1. The Kier molecular flexibility index (Phi) is 7.83. The normalized spacial score (nSPS) is 17.2. The van der Waals surface area contributed by atoms with E-state index in [4.69, 9.17) is 14.2 Å². The molecule has 1 amide bonds. The van der Waals surface area contributed by atoms with Crippen LogP contribution in [0.15, 0.2) is 48.2 Å². The molecular formula is C28H33N3O6. The standard InChI is InChI=1S/C28H33N3O6/c1-17(2)11-14-37-20-10-9-19(16-21(20)36-5)25-23(27(33)28(34)31(25)13-15-35-4)26(32)24-18(3)29-22-8-6-7-12-30(22)24/h6-10,12,16-17,25,32H,11,13-15H2,1-5H3/b26-23+. The topological polar surface area (TPSA) is 103 Å². The fourth-order valence-corrected chi connectivity index (χ4v) is 4.55. The van der Waals surface area contributed by atoms with Gasteiger partial charge in [-0.05, 0) is 49.1 Å². The van der Waals surface area contributed by atoms with Gasteiger partial charge in [0.05, 0.1) is 37.6 Å². The molecule has 37 heavy (non-hydrogen) atoms. The number of aliphatic hydroxyl groups excluding tert-OH is 1. The molecule has 9 heteroatoms. The van der Waals surface area contributed by atoms with Gasteiger partial charge < -0.3 is 24.2 Å². The number of Topliss-reactive ketones (excluding diaryl/α,β-unsaturated/α-hetero) is 1. The highest BCUT2D eigenvalue weighted by Gasteiger charge is 2.46. The molecule has 0 radical (unpaired) electrons. The molecule has 196 valence electrons. The lowest BCUT2D eigenvalue weighted by molar-refractivity contribution is -0.140. The number of aliphatic hydroxyl groups is 1. The highest BCUT2D eigenvalue weighted by Crippen LogP contribution is 2.42. The number of nitrogens with zero attached hydrogens (tertiary/aromatic N) is 3. The Balaban J connectivity index is 1.84. The van der Waals surface area contributed by atoms with E-state index in [-0.39, 0.29) is 24.5 Å². The number of aromatic nitrogens is 2. The van der Waals surface area contributed by atoms with Crippen LogP contribution in [0.2, 0.25) is 0 Å². The largest absolute Gasteiger partial charge is 0.505 e. The number of likely N-dealkylation sites (tertiary alicyclic amines) is 1. The van der Waals surface area contributed by atoms with Gasteiger partial charge in [-0.25, -0.2) is 4.98 Å². The average Bonchev–Trinajstić information content (AvgIpc) is 3.35. The summed E-state index contributed by atoms with van der Waals surface area (Å²) >= 11 is 0. The van der Waals surface area contributed by atoms with E-state index in [0.717, 1.165) is 6.42 Å². The van der Waals surface area contributed by atoms with Gasteiger partial charge in [0.15, 0.2) is 17.3 Å². The summed E-state index contributed by atoms with van der Waals surface area (Å²) in [5.41, 5.74) is 2.13. The van der Waals surface area contributed by atoms with Gasteiger partial charge in [0.2, 0.25) is 0 Å².